The molecule has 2 nitrogen and oxygen atoms in total. The van der Waals surface area contributed by atoms with E-state index in [9.17, 15) is 17.1 Å². The Kier molecular flexibility index (Phi) is 4.75. The number of rotatable bonds is 5. The van der Waals surface area contributed by atoms with Crippen molar-refractivity contribution in [2.24, 2.45) is 0 Å². The highest BCUT2D eigenvalue weighted by Gasteiger charge is 2.35. The zero-order chi connectivity index (χ0) is 10.5. The third-order valence-electron chi connectivity index (χ3n) is 1.19. The Morgan fingerprint density at radius 1 is 1.46 bits per heavy atom. The Labute approximate surface area is 75.9 Å². The van der Waals surface area contributed by atoms with Crippen LogP contribution in [0.5, 0.6) is 0 Å². The van der Waals surface area contributed by atoms with Crippen LogP contribution in [0.3, 0.4) is 0 Å². The van der Waals surface area contributed by atoms with Crippen LogP contribution in [-0.4, -0.2) is 21.7 Å². The van der Waals surface area contributed by atoms with Gasteiger partial charge in [-0.05, 0) is 13.3 Å². The van der Waals surface area contributed by atoms with E-state index in [0.29, 0.717) is 0 Å². The Morgan fingerprint density at radius 2 is 2.00 bits per heavy atom. The van der Waals surface area contributed by atoms with Crippen molar-refractivity contribution in [1.82, 2.24) is 0 Å². The highest BCUT2D eigenvalue weighted by molar-refractivity contribution is 6.58. The Hall–Kier alpha value is -0.783. The molecule has 0 N–H and O–H groups in total. The summed E-state index contributed by atoms with van der Waals surface area (Å²) in [5.41, 5.74) is 0.198. The lowest BCUT2D eigenvalue weighted by Crippen LogP contribution is -2.16. The summed E-state index contributed by atoms with van der Waals surface area (Å²) in [5, 5.41) is 0. The molecule has 0 unspecified atom stereocenters. The molecule has 0 aliphatic carbocycles. The second kappa shape index (κ2) is 5.06. The highest BCUT2D eigenvalue weighted by Crippen LogP contribution is 2.16. The average molecular weight is 212 g/mol. The van der Waals surface area contributed by atoms with Gasteiger partial charge in [0.05, 0.1) is 6.61 Å². The third kappa shape index (κ3) is 7.57. The number of esters is 1. The summed E-state index contributed by atoms with van der Waals surface area (Å²) in [4.78, 5) is 10.7. The Balaban J connectivity index is 3.47. The van der Waals surface area contributed by atoms with Crippen molar-refractivity contribution < 1.29 is 21.9 Å². The molecule has 0 saturated carbocycles. The summed E-state index contributed by atoms with van der Waals surface area (Å²) < 4.78 is 39.6. The van der Waals surface area contributed by atoms with Gasteiger partial charge in [0.25, 0.3) is 0 Å². The van der Waals surface area contributed by atoms with E-state index in [-0.39, 0.29) is 18.6 Å². The van der Waals surface area contributed by atoms with E-state index in [1.165, 1.54) is 6.92 Å². The first-order valence-corrected chi connectivity index (χ1v) is 5.56. The molecule has 0 aromatic rings. The molecule has 0 saturated heterocycles. The van der Waals surface area contributed by atoms with Gasteiger partial charge in [-0.2, -0.15) is 0 Å². The summed E-state index contributed by atoms with van der Waals surface area (Å²) in [5.74, 6) is -0.635. The zero-order valence-electron chi connectivity index (χ0n) is 7.28. The molecule has 76 valence electrons. The van der Waals surface area contributed by atoms with E-state index in [1.54, 1.807) is 0 Å². The number of hydrogen-bond acceptors (Lipinski definition) is 2. The molecule has 0 rings (SSSR count). The lowest BCUT2D eigenvalue weighted by molar-refractivity contribution is -0.138. The van der Waals surface area contributed by atoms with E-state index in [2.05, 4.69) is 11.3 Å². The first-order valence-electron chi connectivity index (χ1n) is 3.72. The molecule has 0 amide bonds. The zero-order valence-corrected chi connectivity index (χ0v) is 8.28. The van der Waals surface area contributed by atoms with Crippen molar-refractivity contribution >= 4 is 15.0 Å². The van der Waals surface area contributed by atoms with Crippen molar-refractivity contribution in [2.45, 2.75) is 19.4 Å². The van der Waals surface area contributed by atoms with Gasteiger partial charge in [-0.25, -0.2) is 17.1 Å². The molecule has 0 radical (unpaired) electrons. The number of hydrogen-bond donors (Lipinski definition) is 0. The topological polar surface area (TPSA) is 26.3 Å². The first kappa shape index (κ1) is 12.2. The summed E-state index contributed by atoms with van der Waals surface area (Å²) in [6.45, 7) is 4.56. The van der Waals surface area contributed by atoms with E-state index in [0.717, 1.165) is 0 Å². The van der Waals surface area contributed by atoms with Crippen molar-refractivity contribution in [3.05, 3.63) is 12.2 Å². The quantitative estimate of drug-likeness (QED) is 0.230. The van der Waals surface area contributed by atoms with E-state index < -0.39 is 21.1 Å². The molecule has 13 heavy (non-hydrogen) atoms. The Morgan fingerprint density at radius 3 is 2.38 bits per heavy atom. The smallest absolute Gasteiger partial charge is 0.462 e. The number of carbonyl (C=O) groups excluding carboxylic acids is 1. The van der Waals surface area contributed by atoms with Gasteiger partial charge in [0.15, 0.2) is 0 Å². The van der Waals surface area contributed by atoms with Crippen LogP contribution in [-0.2, 0) is 9.53 Å². The monoisotopic (exact) mass is 212 g/mol. The minimum absolute atomic E-state index is 0.144. The second-order valence-corrected chi connectivity index (χ2v) is 4.37. The van der Waals surface area contributed by atoms with Gasteiger partial charge in [-0.15, -0.1) is 0 Å². The van der Waals surface area contributed by atoms with Gasteiger partial charge in [0.2, 0.25) is 0 Å². The van der Waals surface area contributed by atoms with Gasteiger partial charge >= 0.3 is 15.0 Å². The van der Waals surface area contributed by atoms with Gasteiger partial charge in [0, 0.05) is 11.6 Å². The first-order chi connectivity index (χ1) is 5.83. The Bertz CT molecular complexity index is 200. The molecule has 0 aromatic carbocycles. The largest absolute Gasteiger partial charge is 0.616 e. The number of halogens is 3. The molecule has 0 atom stereocenters. The molecule has 0 fully saturated rings. The fraction of sp³-hybridized carbons (Fsp3) is 0.571. The lowest BCUT2D eigenvalue weighted by Gasteiger charge is -2.04. The molecule has 0 aliphatic heterocycles. The third-order valence-corrected chi connectivity index (χ3v) is 2.11. The van der Waals surface area contributed by atoms with Crippen LogP contribution in [0.15, 0.2) is 12.2 Å². The fourth-order valence-corrected chi connectivity index (χ4v) is 1.11. The van der Waals surface area contributed by atoms with Gasteiger partial charge < -0.3 is 4.74 Å². The van der Waals surface area contributed by atoms with Crippen LogP contribution in [0.25, 0.3) is 0 Å². The van der Waals surface area contributed by atoms with Crippen LogP contribution in [0.1, 0.15) is 13.3 Å². The summed E-state index contributed by atoms with van der Waals surface area (Å²) >= 11 is 0. The number of ether oxygens (including phenoxy) is 1. The standard InChI is InChI=1S/C7H11F3O2Si/c1-6(2)7(11)12-4-3-5-13(8,9)10/h1,3-5H2,2H3. The average Bonchev–Trinajstić information content (AvgIpc) is 1.95. The molecule has 0 aliphatic rings. The van der Waals surface area contributed by atoms with Crippen LogP contribution in [0.4, 0.5) is 12.3 Å². The maximum Gasteiger partial charge on any atom is 0.616 e. The maximum atomic E-state index is 11.7. The van der Waals surface area contributed by atoms with Gasteiger partial charge in [0.1, 0.15) is 0 Å². The summed E-state index contributed by atoms with van der Waals surface area (Å²) in [6.07, 6.45) is -0.144. The van der Waals surface area contributed by atoms with Gasteiger partial charge in [-0.3, -0.25) is 0 Å². The molecule has 0 bridgehead atoms. The molecule has 0 heterocycles. The van der Waals surface area contributed by atoms with Crippen LogP contribution < -0.4 is 0 Å². The minimum Gasteiger partial charge on any atom is -0.462 e. The van der Waals surface area contributed by atoms with Crippen LogP contribution >= 0.6 is 0 Å². The van der Waals surface area contributed by atoms with Crippen molar-refractivity contribution in [2.75, 3.05) is 6.61 Å². The lowest BCUT2D eigenvalue weighted by atomic mass is 10.4. The van der Waals surface area contributed by atoms with Gasteiger partial charge in [-0.1, -0.05) is 6.58 Å². The van der Waals surface area contributed by atoms with E-state index in [1.807, 2.05) is 0 Å². The van der Waals surface area contributed by atoms with Crippen LogP contribution in [0.2, 0.25) is 6.04 Å². The summed E-state index contributed by atoms with van der Waals surface area (Å²) in [7, 11) is -5.47. The van der Waals surface area contributed by atoms with E-state index in [4.69, 9.17) is 0 Å². The predicted octanol–water partition coefficient (Wildman–Crippen LogP) is 2.34. The molecular formula is C7H11F3O2Si. The molecule has 0 aromatic heterocycles. The normalized spacial score (nSPS) is 11.1. The minimum atomic E-state index is -5.47. The van der Waals surface area contributed by atoms with Crippen molar-refractivity contribution in [3.63, 3.8) is 0 Å². The van der Waals surface area contributed by atoms with Crippen molar-refractivity contribution in [1.29, 1.82) is 0 Å². The fourth-order valence-electron chi connectivity index (χ4n) is 0.561. The molecule has 6 heteroatoms. The van der Waals surface area contributed by atoms with E-state index >= 15 is 0 Å². The highest BCUT2D eigenvalue weighted by atomic mass is 28.5. The van der Waals surface area contributed by atoms with Crippen LogP contribution in [0, 0.1) is 0 Å². The maximum absolute atomic E-state index is 11.7. The second-order valence-electron chi connectivity index (χ2n) is 2.63. The van der Waals surface area contributed by atoms with Crippen molar-refractivity contribution in [3.8, 4) is 0 Å². The molecular weight excluding hydrogens is 201 g/mol. The predicted molar refractivity (Wildman–Crippen MR) is 44.3 cm³/mol. The molecule has 0 spiro atoms. The summed E-state index contributed by atoms with van der Waals surface area (Å²) in [6, 6.07) is -0.795. The SMILES string of the molecule is C=C(C)C(=O)OCCC[Si](F)(F)F. The number of carbonyl (C=O) groups is 1.